The smallest absolute Gasteiger partial charge is 0.166 e. The van der Waals surface area contributed by atoms with E-state index in [0.29, 0.717) is 16.7 Å². The Morgan fingerprint density at radius 2 is 1.72 bits per heavy atom. The number of carboxylic acids is 1. The standard InChI is InChI=1S/C19H16N4O2/c1-10-7-8-12(9-11(10)2)23-17(20)15(19(24)25)16-18(23)22-14-6-4-3-5-13(14)21-16/h3-9H,20H2,1-2H3,(H,24,25)/p-1. The summed E-state index contributed by atoms with van der Waals surface area (Å²) in [4.78, 5) is 20.7. The number of para-hydroxylation sites is 2. The number of aromatic nitrogens is 3. The second-order valence-electron chi connectivity index (χ2n) is 6.04. The molecule has 0 saturated heterocycles. The zero-order valence-corrected chi connectivity index (χ0v) is 13.8. The molecule has 4 aromatic rings. The molecular weight excluding hydrogens is 316 g/mol. The predicted octanol–water partition coefficient (Wildman–Crippen LogP) is 2.14. The third kappa shape index (κ3) is 2.22. The van der Waals surface area contributed by atoms with Crippen LogP contribution in [0.25, 0.3) is 27.9 Å². The monoisotopic (exact) mass is 331 g/mol. The van der Waals surface area contributed by atoms with Crippen LogP contribution in [-0.2, 0) is 0 Å². The summed E-state index contributed by atoms with van der Waals surface area (Å²) < 4.78 is 1.62. The van der Waals surface area contributed by atoms with Gasteiger partial charge in [0.1, 0.15) is 11.3 Å². The van der Waals surface area contributed by atoms with Crippen LogP contribution < -0.4 is 10.8 Å². The van der Waals surface area contributed by atoms with E-state index in [0.717, 1.165) is 16.8 Å². The summed E-state index contributed by atoms with van der Waals surface area (Å²) in [6.07, 6.45) is 0. The Kier molecular flexibility index (Phi) is 3.21. The van der Waals surface area contributed by atoms with Crippen LogP contribution in [-0.4, -0.2) is 20.5 Å². The second-order valence-corrected chi connectivity index (χ2v) is 6.04. The van der Waals surface area contributed by atoms with Crippen LogP contribution >= 0.6 is 0 Å². The number of hydrogen-bond donors (Lipinski definition) is 1. The van der Waals surface area contributed by atoms with E-state index in [1.165, 1.54) is 0 Å². The van der Waals surface area contributed by atoms with Gasteiger partial charge < -0.3 is 15.6 Å². The number of nitrogen functional groups attached to an aromatic ring is 1. The Morgan fingerprint density at radius 3 is 2.36 bits per heavy atom. The lowest BCUT2D eigenvalue weighted by atomic mass is 10.1. The normalized spacial score (nSPS) is 11.3. The minimum atomic E-state index is -1.37. The molecule has 0 aliphatic carbocycles. The van der Waals surface area contributed by atoms with Gasteiger partial charge in [-0.15, -0.1) is 0 Å². The molecule has 0 amide bonds. The highest BCUT2D eigenvalue weighted by Gasteiger charge is 2.20. The van der Waals surface area contributed by atoms with Crippen molar-refractivity contribution in [2.75, 3.05) is 5.73 Å². The van der Waals surface area contributed by atoms with Crippen molar-refractivity contribution < 1.29 is 9.90 Å². The average Bonchev–Trinajstić information content (AvgIpc) is 2.86. The number of rotatable bonds is 2. The first-order chi connectivity index (χ1) is 12.0. The van der Waals surface area contributed by atoms with Crippen LogP contribution in [0, 0.1) is 13.8 Å². The minimum Gasteiger partial charge on any atom is -0.545 e. The van der Waals surface area contributed by atoms with Crippen molar-refractivity contribution in [3.63, 3.8) is 0 Å². The summed E-state index contributed by atoms with van der Waals surface area (Å²) in [7, 11) is 0. The second kappa shape index (κ2) is 5.31. The van der Waals surface area contributed by atoms with E-state index < -0.39 is 5.97 Å². The number of hydrogen-bond acceptors (Lipinski definition) is 5. The number of carbonyl (C=O) groups is 1. The van der Waals surface area contributed by atoms with Crippen LogP contribution in [0.4, 0.5) is 5.82 Å². The van der Waals surface area contributed by atoms with Crippen molar-refractivity contribution in [3.8, 4) is 5.69 Å². The highest BCUT2D eigenvalue weighted by Crippen LogP contribution is 2.31. The largest absolute Gasteiger partial charge is 0.545 e. The number of anilines is 1. The van der Waals surface area contributed by atoms with Crippen molar-refractivity contribution in [3.05, 3.63) is 59.2 Å². The number of fused-ring (bicyclic) bond motifs is 2. The van der Waals surface area contributed by atoms with Crippen LogP contribution in [0.1, 0.15) is 21.5 Å². The molecule has 25 heavy (non-hydrogen) atoms. The first-order valence-electron chi connectivity index (χ1n) is 7.83. The molecule has 0 unspecified atom stereocenters. The SMILES string of the molecule is Cc1ccc(-n2c(N)c(C(=O)[O-])c3nc4ccccc4nc32)cc1C. The third-order valence-electron chi connectivity index (χ3n) is 4.45. The van der Waals surface area contributed by atoms with E-state index in [-0.39, 0.29) is 16.9 Å². The van der Waals surface area contributed by atoms with Crippen molar-refractivity contribution in [2.24, 2.45) is 0 Å². The van der Waals surface area contributed by atoms with E-state index in [2.05, 4.69) is 9.97 Å². The lowest BCUT2D eigenvalue weighted by Crippen LogP contribution is -2.23. The number of nitrogens with two attached hydrogens (primary N) is 1. The maximum absolute atomic E-state index is 11.7. The number of aryl methyl sites for hydroxylation is 2. The molecule has 0 aliphatic heterocycles. The van der Waals surface area contributed by atoms with Gasteiger partial charge in [0.25, 0.3) is 0 Å². The quantitative estimate of drug-likeness (QED) is 0.607. The minimum absolute atomic E-state index is 0.0635. The van der Waals surface area contributed by atoms with Crippen molar-refractivity contribution in [2.45, 2.75) is 13.8 Å². The Hall–Kier alpha value is -3.41. The molecule has 6 nitrogen and oxygen atoms in total. The van der Waals surface area contributed by atoms with Crippen LogP contribution in [0.5, 0.6) is 0 Å². The van der Waals surface area contributed by atoms with Crippen molar-refractivity contribution in [1.29, 1.82) is 0 Å². The lowest BCUT2D eigenvalue weighted by molar-refractivity contribution is -0.254. The summed E-state index contributed by atoms with van der Waals surface area (Å²) in [5.41, 5.74) is 10.9. The highest BCUT2D eigenvalue weighted by molar-refractivity contribution is 6.07. The Labute approximate surface area is 143 Å². The fraction of sp³-hybridized carbons (Fsp3) is 0.105. The molecule has 2 aromatic heterocycles. The van der Waals surface area contributed by atoms with E-state index >= 15 is 0 Å². The Morgan fingerprint density at radius 1 is 1.04 bits per heavy atom. The zero-order valence-electron chi connectivity index (χ0n) is 13.8. The molecule has 0 radical (unpaired) electrons. The molecule has 2 heterocycles. The van der Waals surface area contributed by atoms with Gasteiger partial charge >= 0.3 is 0 Å². The molecule has 6 heteroatoms. The van der Waals surface area contributed by atoms with Crippen LogP contribution in [0.3, 0.4) is 0 Å². The van der Waals surface area contributed by atoms with Crippen LogP contribution in [0.15, 0.2) is 42.5 Å². The molecule has 2 aromatic carbocycles. The summed E-state index contributed by atoms with van der Waals surface area (Å²) in [5.74, 6) is -1.30. The van der Waals surface area contributed by atoms with E-state index in [4.69, 9.17) is 5.73 Å². The molecule has 0 atom stereocenters. The Bertz CT molecular complexity index is 1160. The molecule has 0 saturated carbocycles. The van der Waals surface area contributed by atoms with E-state index in [1.807, 2.05) is 50.2 Å². The first kappa shape index (κ1) is 15.1. The maximum atomic E-state index is 11.7. The molecule has 4 rings (SSSR count). The molecule has 0 spiro atoms. The lowest BCUT2D eigenvalue weighted by Gasteiger charge is -2.10. The average molecular weight is 331 g/mol. The van der Waals surface area contributed by atoms with Gasteiger partial charge in [0.15, 0.2) is 5.65 Å². The molecule has 0 aliphatic rings. The zero-order chi connectivity index (χ0) is 17.7. The molecule has 124 valence electrons. The molecule has 2 N–H and O–H groups in total. The summed E-state index contributed by atoms with van der Waals surface area (Å²) >= 11 is 0. The van der Waals surface area contributed by atoms with Gasteiger partial charge in [-0.05, 0) is 49.2 Å². The van der Waals surface area contributed by atoms with Gasteiger partial charge in [-0.1, -0.05) is 18.2 Å². The summed E-state index contributed by atoms with van der Waals surface area (Å²) in [6.45, 7) is 4.00. The first-order valence-corrected chi connectivity index (χ1v) is 7.83. The van der Waals surface area contributed by atoms with Crippen molar-refractivity contribution in [1.82, 2.24) is 14.5 Å². The number of carboxylic acid groups (broad SMARTS) is 1. The maximum Gasteiger partial charge on any atom is 0.166 e. The summed E-state index contributed by atoms with van der Waals surface area (Å²) in [5, 5.41) is 11.7. The fourth-order valence-corrected chi connectivity index (χ4v) is 2.99. The molecule has 0 fully saturated rings. The number of aromatic carboxylic acids is 1. The summed E-state index contributed by atoms with van der Waals surface area (Å²) in [6, 6.07) is 13.1. The number of carbonyl (C=O) groups excluding carboxylic acids is 1. The van der Waals surface area contributed by atoms with Gasteiger partial charge in [-0.2, -0.15) is 0 Å². The van der Waals surface area contributed by atoms with Gasteiger partial charge in [0.2, 0.25) is 0 Å². The molecule has 0 bridgehead atoms. The van der Waals surface area contributed by atoms with Crippen molar-refractivity contribution >= 4 is 34.0 Å². The number of nitrogens with zero attached hydrogens (tertiary/aromatic N) is 3. The van der Waals surface area contributed by atoms with Gasteiger partial charge in [0.05, 0.1) is 22.6 Å². The highest BCUT2D eigenvalue weighted by atomic mass is 16.4. The van der Waals surface area contributed by atoms with Gasteiger partial charge in [-0.3, -0.25) is 4.57 Å². The van der Waals surface area contributed by atoms with Gasteiger partial charge in [0, 0.05) is 5.69 Å². The van der Waals surface area contributed by atoms with Gasteiger partial charge in [-0.25, -0.2) is 9.97 Å². The predicted molar refractivity (Wildman–Crippen MR) is 94.6 cm³/mol. The topological polar surface area (TPSA) is 96.9 Å². The van der Waals surface area contributed by atoms with Crippen LogP contribution in [0.2, 0.25) is 0 Å². The van der Waals surface area contributed by atoms with E-state index in [1.54, 1.807) is 10.6 Å². The number of benzene rings is 2. The fourth-order valence-electron chi connectivity index (χ4n) is 2.99. The Balaban J connectivity index is 2.15. The van der Waals surface area contributed by atoms with E-state index in [9.17, 15) is 9.90 Å². The molecular formula is C19H15N4O2-. The third-order valence-corrected chi connectivity index (χ3v) is 4.45.